The molecular weight excluding hydrogens is 404 g/mol. The van der Waals surface area contributed by atoms with E-state index >= 15 is 0 Å². The summed E-state index contributed by atoms with van der Waals surface area (Å²) in [6, 6.07) is 0.299. The number of anilines is 1. The van der Waals surface area contributed by atoms with Crippen LogP contribution in [0.1, 0.15) is 44.7 Å². The van der Waals surface area contributed by atoms with Crippen LogP contribution in [0.4, 0.5) is 5.82 Å². The summed E-state index contributed by atoms with van der Waals surface area (Å²) in [6.07, 6.45) is 1.18. The van der Waals surface area contributed by atoms with E-state index in [0.717, 1.165) is 25.7 Å². The lowest BCUT2D eigenvalue weighted by atomic mass is 9.84. The Kier molecular flexibility index (Phi) is 6.42. The maximum absolute atomic E-state index is 10.5. The Bertz CT molecular complexity index is 896. The number of nitrogens with one attached hydrogen (secondary N) is 2. The van der Waals surface area contributed by atoms with Gasteiger partial charge in [0.25, 0.3) is 0 Å². The molecule has 31 heavy (non-hydrogen) atoms. The first-order chi connectivity index (χ1) is 14.8. The maximum atomic E-state index is 10.5. The van der Waals surface area contributed by atoms with Gasteiger partial charge < -0.3 is 35.4 Å². The number of imidazole rings is 1. The van der Waals surface area contributed by atoms with Gasteiger partial charge in [0.2, 0.25) is 0 Å². The van der Waals surface area contributed by atoms with Crippen LogP contribution >= 0.6 is 0 Å². The van der Waals surface area contributed by atoms with Crippen molar-refractivity contribution in [2.45, 2.75) is 75.3 Å². The number of aliphatic hydroxyl groups is 3. The van der Waals surface area contributed by atoms with Crippen molar-refractivity contribution >= 4 is 17.0 Å². The van der Waals surface area contributed by atoms with Gasteiger partial charge in [0.15, 0.2) is 23.2 Å². The van der Waals surface area contributed by atoms with E-state index in [9.17, 15) is 15.3 Å². The van der Waals surface area contributed by atoms with Crippen LogP contribution in [0, 0.1) is 0 Å². The SMILES string of the molecule is CNc1nc(CNC2CCC(C)(O)CC2)nc2c1ncn2[C@@H]1O[C@H](COC)[C@@H](O)[C@H]1O. The number of fused-ring (bicyclic) bond motifs is 1. The molecule has 172 valence electrons. The minimum absolute atomic E-state index is 0.168. The Morgan fingerprint density at radius 1 is 1.26 bits per heavy atom. The topological polar surface area (TPSA) is 147 Å². The molecule has 0 unspecified atom stereocenters. The van der Waals surface area contributed by atoms with Crippen molar-refractivity contribution in [3.63, 3.8) is 0 Å². The molecule has 2 aromatic rings. The highest BCUT2D eigenvalue weighted by molar-refractivity contribution is 5.83. The molecule has 2 aliphatic rings. The molecule has 2 aromatic heterocycles. The summed E-state index contributed by atoms with van der Waals surface area (Å²) in [7, 11) is 3.28. The standard InChI is InChI=1S/C20H32N6O5/c1-20(29)6-4-11(5-7-20)22-8-13-24-17(21-2)14-18(25-13)26(10-23-14)19-16(28)15(27)12(31-19)9-30-3/h10-12,15-16,19,22,27-29H,4-9H2,1-3H3,(H,21,24,25)/t11?,12-,15-,16-,19-,20?/m1/s1. The van der Waals surface area contributed by atoms with E-state index in [1.165, 1.54) is 13.4 Å². The lowest BCUT2D eigenvalue weighted by Crippen LogP contribution is -2.39. The molecule has 1 aliphatic carbocycles. The van der Waals surface area contributed by atoms with Crippen LogP contribution in [0.3, 0.4) is 0 Å². The summed E-state index contributed by atoms with van der Waals surface area (Å²) < 4.78 is 12.5. The number of methoxy groups -OCH3 is 1. The highest BCUT2D eigenvalue weighted by Gasteiger charge is 2.44. The van der Waals surface area contributed by atoms with Crippen molar-refractivity contribution < 1.29 is 24.8 Å². The van der Waals surface area contributed by atoms with E-state index < -0.39 is 30.1 Å². The van der Waals surface area contributed by atoms with Crippen LogP contribution < -0.4 is 10.6 Å². The molecule has 3 heterocycles. The van der Waals surface area contributed by atoms with Gasteiger partial charge in [-0.1, -0.05) is 0 Å². The summed E-state index contributed by atoms with van der Waals surface area (Å²) in [6.45, 7) is 2.52. The van der Waals surface area contributed by atoms with Gasteiger partial charge in [-0.2, -0.15) is 0 Å². The molecule has 11 heteroatoms. The van der Waals surface area contributed by atoms with Crippen molar-refractivity contribution in [2.75, 3.05) is 26.1 Å². The molecule has 5 N–H and O–H groups in total. The lowest BCUT2D eigenvalue weighted by molar-refractivity contribution is -0.0580. The largest absolute Gasteiger partial charge is 0.390 e. The third kappa shape index (κ3) is 4.52. The Hall–Kier alpha value is -1.89. The smallest absolute Gasteiger partial charge is 0.168 e. The number of aliphatic hydroxyl groups excluding tert-OH is 2. The minimum Gasteiger partial charge on any atom is -0.390 e. The predicted octanol–water partition coefficient (Wildman–Crippen LogP) is -0.0832. The molecule has 2 fully saturated rings. The molecule has 1 saturated heterocycles. The Morgan fingerprint density at radius 2 is 2.00 bits per heavy atom. The number of aromatic nitrogens is 4. The van der Waals surface area contributed by atoms with Crippen LogP contribution in [0.2, 0.25) is 0 Å². The first-order valence-electron chi connectivity index (χ1n) is 10.7. The summed E-state index contributed by atoms with van der Waals surface area (Å²) in [5, 5.41) is 37.5. The number of ether oxygens (including phenoxy) is 2. The third-order valence-corrected chi connectivity index (χ3v) is 6.26. The zero-order chi connectivity index (χ0) is 22.2. The van der Waals surface area contributed by atoms with Gasteiger partial charge >= 0.3 is 0 Å². The predicted molar refractivity (Wildman–Crippen MR) is 112 cm³/mol. The molecule has 1 saturated carbocycles. The first kappa shape index (κ1) is 22.3. The fourth-order valence-corrected chi connectivity index (χ4v) is 4.34. The number of hydrogen-bond donors (Lipinski definition) is 5. The average Bonchev–Trinajstić information content (AvgIpc) is 3.29. The van der Waals surface area contributed by atoms with Crippen LogP contribution in [0.5, 0.6) is 0 Å². The molecule has 0 aromatic carbocycles. The highest BCUT2D eigenvalue weighted by Crippen LogP contribution is 2.33. The summed E-state index contributed by atoms with van der Waals surface area (Å²) in [4.78, 5) is 13.6. The molecule has 11 nitrogen and oxygen atoms in total. The third-order valence-electron chi connectivity index (χ3n) is 6.26. The minimum atomic E-state index is -1.14. The molecule has 1 aliphatic heterocycles. The van der Waals surface area contributed by atoms with E-state index in [2.05, 4.69) is 25.6 Å². The number of hydrogen-bond acceptors (Lipinski definition) is 10. The second-order valence-electron chi connectivity index (χ2n) is 8.72. The monoisotopic (exact) mass is 436 g/mol. The average molecular weight is 437 g/mol. The zero-order valence-corrected chi connectivity index (χ0v) is 18.2. The first-order valence-corrected chi connectivity index (χ1v) is 10.7. The molecule has 4 rings (SSSR count). The molecule has 0 radical (unpaired) electrons. The molecule has 0 amide bonds. The molecule has 0 spiro atoms. The molecular formula is C20H32N6O5. The van der Waals surface area contributed by atoms with Crippen LogP contribution in [0.15, 0.2) is 6.33 Å². The Labute approximate surface area is 180 Å². The summed E-state index contributed by atoms with van der Waals surface area (Å²) in [5.74, 6) is 1.16. The van der Waals surface area contributed by atoms with E-state index in [4.69, 9.17) is 9.47 Å². The second-order valence-corrected chi connectivity index (χ2v) is 8.72. The van der Waals surface area contributed by atoms with Gasteiger partial charge in [-0.25, -0.2) is 15.0 Å². The lowest BCUT2D eigenvalue weighted by Gasteiger charge is -2.33. The second kappa shape index (κ2) is 8.93. The van der Waals surface area contributed by atoms with E-state index in [-0.39, 0.29) is 6.61 Å². The van der Waals surface area contributed by atoms with Crippen molar-refractivity contribution in [3.05, 3.63) is 12.2 Å². The van der Waals surface area contributed by atoms with Gasteiger partial charge in [0, 0.05) is 20.2 Å². The highest BCUT2D eigenvalue weighted by atomic mass is 16.6. The van der Waals surface area contributed by atoms with Gasteiger partial charge in [0.1, 0.15) is 24.1 Å². The maximum Gasteiger partial charge on any atom is 0.168 e. The molecule has 4 atom stereocenters. The van der Waals surface area contributed by atoms with Crippen LogP contribution in [-0.4, -0.2) is 85.6 Å². The van der Waals surface area contributed by atoms with Crippen molar-refractivity contribution in [3.8, 4) is 0 Å². The molecule has 0 bridgehead atoms. The quantitative estimate of drug-likeness (QED) is 0.399. The van der Waals surface area contributed by atoms with Gasteiger partial charge in [-0.15, -0.1) is 0 Å². The fraction of sp³-hybridized carbons (Fsp3) is 0.750. The van der Waals surface area contributed by atoms with Crippen molar-refractivity contribution in [1.82, 2.24) is 24.8 Å². The van der Waals surface area contributed by atoms with E-state index in [0.29, 0.717) is 35.4 Å². The van der Waals surface area contributed by atoms with E-state index in [1.807, 2.05) is 6.92 Å². The van der Waals surface area contributed by atoms with Crippen molar-refractivity contribution in [1.29, 1.82) is 0 Å². The Morgan fingerprint density at radius 3 is 2.68 bits per heavy atom. The fourth-order valence-electron chi connectivity index (χ4n) is 4.34. The summed E-state index contributed by atoms with van der Waals surface area (Å²) in [5.41, 5.74) is 0.490. The van der Waals surface area contributed by atoms with Crippen LogP contribution in [0.25, 0.3) is 11.2 Å². The normalized spacial score (nSPS) is 33.8. The number of nitrogens with zero attached hydrogens (tertiary/aromatic N) is 4. The Balaban J connectivity index is 1.55. The van der Waals surface area contributed by atoms with Crippen molar-refractivity contribution in [2.24, 2.45) is 0 Å². The zero-order valence-electron chi connectivity index (χ0n) is 18.2. The number of rotatable bonds is 7. The van der Waals surface area contributed by atoms with Gasteiger partial charge in [-0.05, 0) is 32.6 Å². The van der Waals surface area contributed by atoms with E-state index in [1.54, 1.807) is 11.6 Å². The van der Waals surface area contributed by atoms with Gasteiger partial charge in [-0.3, -0.25) is 4.57 Å². The summed E-state index contributed by atoms with van der Waals surface area (Å²) >= 11 is 0. The van der Waals surface area contributed by atoms with Gasteiger partial charge in [0.05, 0.1) is 25.1 Å². The van der Waals surface area contributed by atoms with Crippen LogP contribution in [-0.2, 0) is 16.0 Å².